The molecule has 0 bridgehead atoms. The first-order valence-electron chi connectivity index (χ1n) is 14.1. The number of amides is 2. The van der Waals surface area contributed by atoms with Crippen molar-refractivity contribution in [2.75, 3.05) is 0 Å². The van der Waals surface area contributed by atoms with Gasteiger partial charge in [0.1, 0.15) is 11.7 Å². The molecule has 0 radical (unpaired) electrons. The van der Waals surface area contributed by atoms with Crippen LogP contribution in [-0.2, 0) is 11.3 Å². The number of benzene rings is 1. The van der Waals surface area contributed by atoms with E-state index in [1.165, 1.54) is 6.20 Å². The summed E-state index contributed by atoms with van der Waals surface area (Å²) in [7, 11) is 0. The van der Waals surface area contributed by atoms with Crippen LogP contribution in [0.25, 0.3) is 22.7 Å². The van der Waals surface area contributed by atoms with Gasteiger partial charge in [-0.3, -0.25) is 14.3 Å². The van der Waals surface area contributed by atoms with Crippen LogP contribution in [-0.4, -0.2) is 60.4 Å². The van der Waals surface area contributed by atoms with E-state index in [0.29, 0.717) is 34.4 Å². The molecule has 2 heterocycles. The molecule has 2 aromatic heterocycles. The molecular weight excluding hydrogens is 526 g/mol. The number of rotatable bonds is 12. The van der Waals surface area contributed by atoms with Crippen molar-refractivity contribution in [2.45, 2.75) is 77.6 Å². The molecule has 218 valence electrons. The van der Waals surface area contributed by atoms with Gasteiger partial charge in [0.25, 0.3) is 11.8 Å². The zero-order valence-corrected chi connectivity index (χ0v) is 23.8. The molecule has 0 unspecified atom stereocenters. The lowest BCUT2D eigenvalue weighted by Crippen LogP contribution is -2.44. The van der Waals surface area contributed by atoms with E-state index in [4.69, 9.17) is 4.42 Å². The van der Waals surface area contributed by atoms with E-state index in [1.54, 1.807) is 56.6 Å². The maximum absolute atomic E-state index is 13.4. The number of aliphatic hydroxyl groups is 1. The van der Waals surface area contributed by atoms with Gasteiger partial charge in [-0.2, -0.15) is 5.10 Å². The van der Waals surface area contributed by atoms with Gasteiger partial charge in [0.15, 0.2) is 0 Å². The first-order chi connectivity index (χ1) is 19.4. The van der Waals surface area contributed by atoms with Gasteiger partial charge in [-0.05, 0) is 75.5 Å². The second-order valence-corrected chi connectivity index (χ2v) is 12.2. The standard InChI is InChI=1S/C30H37N5O6/c1-16(2)24(29(38)39)32-27(37)23-14-31-28(41-23)20-7-5-6-19(12-20)21-13-22(35(34-21)15-30(3,4)40)26(36)33-25(17-8-9-17)18-10-11-18/h5-7,12-14,16-18,24-25,40H,8-11,15H2,1-4H3,(H,32,37)(H,33,36)(H,38,39)/t24-/m0/s1. The van der Waals surface area contributed by atoms with E-state index < -0.39 is 23.5 Å². The number of aromatic nitrogens is 3. The summed E-state index contributed by atoms with van der Waals surface area (Å²) >= 11 is 0. The van der Waals surface area contributed by atoms with Crippen LogP contribution in [0.15, 0.2) is 40.9 Å². The number of hydrogen-bond donors (Lipinski definition) is 4. The van der Waals surface area contributed by atoms with E-state index in [1.807, 2.05) is 6.07 Å². The van der Waals surface area contributed by atoms with Gasteiger partial charge in [-0.15, -0.1) is 0 Å². The summed E-state index contributed by atoms with van der Waals surface area (Å²) in [5.41, 5.74) is 1.11. The Hall–Kier alpha value is -3.99. The molecule has 41 heavy (non-hydrogen) atoms. The van der Waals surface area contributed by atoms with Crippen LogP contribution < -0.4 is 10.6 Å². The normalized spacial score (nSPS) is 16.2. The van der Waals surface area contributed by atoms with Crippen molar-refractivity contribution >= 4 is 17.8 Å². The molecule has 1 atom stereocenters. The lowest BCUT2D eigenvalue weighted by molar-refractivity contribution is -0.140. The molecule has 2 aliphatic carbocycles. The van der Waals surface area contributed by atoms with Gasteiger partial charge >= 0.3 is 5.97 Å². The van der Waals surface area contributed by atoms with Crippen molar-refractivity contribution in [3.8, 4) is 22.7 Å². The molecule has 5 rings (SSSR count). The molecule has 11 heteroatoms. The van der Waals surface area contributed by atoms with Gasteiger partial charge in [-0.1, -0.05) is 26.0 Å². The Morgan fingerprint density at radius 2 is 1.71 bits per heavy atom. The number of carbonyl (C=O) groups is 3. The SMILES string of the molecule is CC(C)[C@H](NC(=O)c1cnc(-c2cccc(-c3cc(C(=O)NC(C4CC4)C4CC4)n(CC(C)(C)O)n3)c2)o1)C(=O)O. The molecule has 1 aromatic carbocycles. The Morgan fingerprint density at radius 1 is 1.05 bits per heavy atom. The number of aliphatic carboxylic acids is 1. The minimum absolute atomic E-state index is 0.105. The fourth-order valence-corrected chi connectivity index (χ4v) is 5.03. The summed E-state index contributed by atoms with van der Waals surface area (Å²) in [6.07, 6.45) is 5.83. The van der Waals surface area contributed by atoms with Crippen molar-refractivity contribution in [3.63, 3.8) is 0 Å². The number of oxazole rings is 1. The van der Waals surface area contributed by atoms with Gasteiger partial charge in [0.05, 0.1) is 24.0 Å². The fraction of sp³-hybridized carbons (Fsp3) is 0.500. The van der Waals surface area contributed by atoms with E-state index >= 15 is 0 Å². The summed E-state index contributed by atoms with van der Waals surface area (Å²) in [5, 5.41) is 30.3. The highest BCUT2D eigenvalue weighted by Crippen LogP contribution is 2.44. The van der Waals surface area contributed by atoms with Crippen LogP contribution in [0.5, 0.6) is 0 Å². The summed E-state index contributed by atoms with van der Waals surface area (Å²) < 4.78 is 7.23. The zero-order valence-electron chi connectivity index (χ0n) is 23.8. The van der Waals surface area contributed by atoms with Crippen molar-refractivity contribution in [1.29, 1.82) is 0 Å². The highest BCUT2D eigenvalue weighted by Gasteiger charge is 2.42. The van der Waals surface area contributed by atoms with Gasteiger partial charge in [0.2, 0.25) is 11.7 Å². The average Bonchev–Trinajstić information content (AvgIpc) is 3.83. The smallest absolute Gasteiger partial charge is 0.326 e. The number of carbonyl (C=O) groups excluding carboxylic acids is 2. The van der Waals surface area contributed by atoms with Crippen LogP contribution in [0.1, 0.15) is 74.4 Å². The van der Waals surface area contributed by atoms with Gasteiger partial charge in [-0.25, -0.2) is 9.78 Å². The Kier molecular flexibility index (Phi) is 7.74. The fourth-order valence-electron chi connectivity index (χ4n) is 5.03. The molecule has 2 amide bonds. The van der Waals surface area contributed by atoms with Gasteiger partial charge < -0.3 is 25.3 Å². The van der Waals surface area contributed by atoms with E-state index in [9.17, 15) is 24.6 Å². The highest BCUT2D eigenvalue weighted by molar-refractivity contribution is 5.95. The second kappa shape index (κ2) is 11.1. The summed E-state index contributed by atoms with van der Waals surface area (Å²) in [6, 6.07) is 8.04. The van der Waals surface area contributed by atoms with Crippen molar-refractivity contribution < 1.29 is 29.0 Å². The van der Waals surface area contributed by atoms with E-state index in [0.717, 1.165) is 25.7 Å². The van der Waals surface area contributed by atoms with Crippen molar-refractivity contribution in [1.82, 2.24) is 25.4 Å². The van der Waals surface area contributed by atoms with Crippen LogP contribution in [0.2, 0.25) is 0 Å². The third-order valence-electron chi connectivity index (χ3n) is 7.46. The first-order valence-corrected chi connectivity index (χ1v) is 14.1. The van der Waals surface area contributed by atoms with Crippen LogP contribution >= 0.6 is 0 Å². The molecule has 2 aliphatic rings. The Bertz CT molecular complexity index is 1430. The lowest BCUT2D eigenvalue weighted by atomic mass is 10.0. The topological polar surface area (TPSA) is 160 Å². The summed E-state index contributed by atoms with van der Waals surface area (Å²) in [4.78, 5) is 41.7. The minimum atomic E-state index is -1.13. The summed E-state index contributed by atoms with van der Waals surface area (Å²) in [6.45, 7) is 6.88. The summed E-state index contributed by atoms with van der Waals surface area (Å²) in [5.74, 6) is -1.15. The molecular formula is C30H37N5O6. The van der Waals surface area contributed by atoms with Gasteiger partial charge in [0, 0.05) is 17.2 Å². The molecule has 0 aliphatic heterocycles. The quantitative estimate of drug-likeness (QED) is 0.259. The predicted molar refractivity (Wildman–Crippen MR) is 150 cm³/mol. The number of hydrogen-bond acceptors (Lipinski definition) is 7. The maximum atomic E-state index is 13.4. The number of nitrogens with one attached hydrogen (secondary N) is 2. The molecule has 0 spiro atoms. The highest BCUT2D eigenvalue weighted by atomic mass is 16.4. The lowest BCUT2D eigenvalue weighted by Gasteiger charge is -2.20. The van der Waals surface area contributed by atoms with Crippen molar-refractivity contribution in [3.05, 3.63) is 48.0 Å². The van der Waals surface area contributed by atoms with E-state index in [-0.39, 0.29) is 36.1 Å². The largest absolute Gasteiger partial charge is 0.480 e. The van der Waals surface area contributed by atoms with Crippen LogP contribution in [0.4, 0.5) is 0 Å². The monoisotopic (exact) mass is 563 g/mol. The Labute approximate surface area is 238 Å². The molecule has 4 N–H and O–H groups in total. The third kappa shape index (κ3) is 6.84. The average molecular weight is 564 g/mol. The predicted octanol–water partition coefficient (Wildman–Crippen LogP) is 3.73. The number of nitrogens with zero attached hydrogens (tertiary/aromatic N) is 3. The van der Waals surface area contributed by atoms with E-state index in [2.05, 4.69) is 20.7 Å². The Morgan fingerprint density at radius 3 is 2.29 bits per heavy atom. The number of carboxylic acids is 1. The second-order valence-electron chi connectivity index (χ2n) is 12.2. The zero-order chi connectivity index (χ0) is 29.5. The molecule has 3 aromatic rings. The van der Waals surface area contributed by atoms with Crippen molar-refractivity contribution in [2.24, 2.45) is 17.8 Å². The molecule has 2 saturated carbocycles. The minimum Gasteiger partial charge on any atom is -0.480 e. The van der Waals surface area contributed by atoms with Crippen LogP contribution in [0.3, 0.4) is 0 Å². The third-order valence-corrected chi connectivity index (χ3v) is 7.46. The van der Waals surface area contributed by atoms with Crippen LogP contribution in [0, 0.1) is 17.8 Å². The molecule has 11 nitrogen and oxygen atoms in total. The first kappa shape index (κ1) is 28.5. The Balaban J connectivity index is 1.38. The maximum Gasteiger partial charge on any atom is 0.326 e. The molecule has 0 saturated heterocycles. The number of carboxylic acid groups (broad SMARTS) is 1. The molecule has 2 fully saturated rings.